The molecule has 1 aromatic carbocycles. The summed E-state index contributed by atoms with van der Waals surface area (Å²) >= 11 is 1.57. The minimum Gasteiger partial charge on any atom is -0.453 e. The number of fused-ring (bicyclic) bond motifs is 1. The number of aryl methyl sites for hydroxylation is 2. The highest BCUT2D eigenvalue weighted by molar-refractivity contribution is 7.16. The number of thiazole rings is 1. The van der Waals surface area contributed by atoms with Crippen molar-refractivity contribution in [2.24, 2.45) is 0 Å². The molecule has 3 aromatic rings. The Morgan fingerprint density at radius 2 is 2.00 bits per heavy atom. The molecule has 2 aromatic heterocycles. The number of pyridine rings is 1. The molecule has 0 unspecified atom stereocenters. The number of benzene rings is 1. The molecule has 0 amide bonds. The summed E-state index contributed by atoms with van der Waals surface area (Å²) in [6.45, 7) is 4.03. The van der Waals surface area contributed by atoms with Crippen LogP contribution < -0.4 is 10.5 Å². The van der Waals surface area contributed by atoms with Crippen LogP contribution >= 0.6 is 11.3 Å². The highest BCUT2D eigenvalue weighted by Gasteiger charge is 2.11. The van der Waals surface area contributed by atoms with Gasteiger partial charge in [-0.1, -0.05) is 6.92 Å². The first-order valence-electron chi connectivity index (χ1n) is 6.45. The lowest BCUT2D eigenvalue weighted by molar-refractivity contribution is 0.475. The van der Waals surface area contributed by atoms with Gasteiger partial charge in [-0.05, 0) is 37.6 Å². The van der Waals surface area contributed by atoms with E-state index in [4.69, 9.17) is 10.5 Å². The molecule has 2 heterocycles. The van der Waals surface area contributed by atoms with E-state index >= 15 is 0 Å². The molecule has 0 fully saturated rings. The Kier molecular flexibility index (Phi) is 3.28. The summed E-state index contributed by atoms with van der Waals surface area (Å²) in [7, 11) is 0. The SMILES string of the molecule is CCc1nc(C)ccc1Oc1ccc2scnc2c1N. The summed E-state index contributed by atoms with van der Waals surface area (Å²) in [4.78, 5) is 8.77. The number of ether oxygens (including phenoxy) is 1. The van der Waals surface area contributed by atoms with Gasteiger partial charge in [0.15, 0.2) is 5.75 Å². The molecule has 0 saturated carbocycles. The first-order valence-corrected chi connectivity index (χ1v) is 7.33. The van der Waals surface area contributed by atoms with Gasteiger partial charge in [-0.25, -0.2) is 4.98 Å². The number of aromatic nitrogens is 2. The molecule has 0 aliphatic carbocycles. The van der Waals surface area contributed by atoms with E-state index in [0.29, 0.717) is 11.4 Å². The molecule has 0 spiro atoms. The van der Waals surface area contributed by atoms with Gasteiger partial charge in [-0.2, -0.15) is 0 Å². The maximum Gasteiger partial charge on any atom is 0.152 e. The average Bonchev–Trinajstić information content (AvgIpc) is 2.93. The third-order valence-corrected chi connectivity index (χ3v) is 3.92. The number of hydrogen-bond donors (Lipinski definition) is 1. The molecule has 0 aliphatic rings. The second-order valence-corrected chi connectivity index (χ2v) is 5.42. The van der Waals surface area contributed by atoms with Crippen LogP contribution in [-0.4, -0.2) is 9.97 Å². The van der Waals surface area contributed by atoms with Gasteiger partial charge in [0.05, 0.1) is 15.9 Å². The van der Waals surface area contributed by atoms with Gasteiger partial charge in [0.1, 0.15) is 17.0 Å². The van der Waals surface area contributed by atoms with Gasteiger partial charge in [0.2, 0.25) is 0 Å². The second-order valence-electron chi connectivity index (χ2n) is 4.53. The molecule has 0 aliphatic heterocycles. The van der Waals surface area contributed by atoms with Gasteiger partial charge in [0.25, 0.3) is 0 Å². The largest absolute Gasteiger partial charge is 0.453 e. The van der Waals surface area contributed by atoms with E-state index in [1.807, 2.05) is 31.2 Å². The Morgan fingerprint density at radius 1 is 1.20 bits per heavy atom. The van der Waals surface area contributed by atoms with E-state index in [-0.39, 0.29) is 0 Å². The lowest BCUT2D eigenvalue weighted by atomic mass is 10.2. The lowest BCUT2D eigenvalue weighted by Crippen LogP contribution is -1.98. The molecule has 0 radical (unpaired) electrons. The normalized spacial score (nSPS) is 10.9. The maximum absolute atomic E-state index is 6.13. The quantitative estimate of drug-likeness (QED) is 0.740. The van der Waals surface area contributed by atoms with Crippen molar-refractivity contribution in [3.63, 3.8) is 0 Å². The zero-order chi connectivity index (χ0) is 14.1. The smallest absolute Gasteiger partial charge is 0.152 e. The lowest BCUT2D eigenvalue weighted by Gasteiger charge is -2.12. The highest BCUT2D eigenvalue weighted by Crippen LogP contribution is 2.35. The Morgan fingerprint density at radius 3 is 2.80 bits per heavy atom. The van der Waals surface area contributed by atoms with E-state index in [9.17, 15) is 0 Å². The van der Waals surface area contributed by atoms with Gasteiger partial charge in [-0.15, -0.1) is 11.3 Å². The fourth-order valence-corrected chi connectivity index (χ4v) is 2.78. The number of nitrogens with zero attached hydrogens (tertiary/aromatic N) is 2. The summed E-state index contributed by atoms with van der Waals surface area (Å²) in [5.74, 6) is 1.38. The summed E-state index contributed by atoms with van der Waals surface area (Å²) in [6, 6.07) is 7.74. The third kappa shape index (κ3) is 2.20. The van der Waals surface area contributed by atoms with Crippen molar-refractivity contribution < 1.29 is 4.74 Å². The Bertz CT molecular complexity index is 767. The van der Waals surface area contributed by atoms with E-state index in [1.54, 1.807) is 16.8 Å². The first kappa shape index (κ1) is 12.9. The van der Waals surface area contributed by atoms with Gasteiger partial charge in [0, 0.05) is 5.69 Å². The predicted molar refractivity (Wildman–Crippen MR) is 82.5 cm³/mol. The number of rotatable bonds is 3. The topological polar surface area (TPSA) is 61.0 Å². The predicted octanol–water partition coefficient (Wildman–Crippen LogP) is 3.94. The van der Waals surface area contributed by atoms with Gasteiger partial charge in [-0.3, -0.25) is 4.98 Å². The van der Waals surface area contributed by atoms with E-state index in [1.165, 1.54) is 0 Å². The van der Waals surface area contributed by atoms with Crippen molar-refractivity contribution in [1.82, 2.24) is 9.97 Å². The Labute approximate surface area is 121 Å². The number of nitrogens with two attached hydrogens (primary N) is 1. The first-order chi connectivity index (χ1) is 9.69. The van der Waals surface area contributed by atoms with Crippen LogP contribution in [0.2, 0.25) is 0 Å². The molecular formula is C15H15N3OS. The van der Waals surface area contributed by atoms with Crippen LogP contribution in [-0.2, 0) is 6.42 Å². The van der Waals surface area contributed by atoms with E-state index in [2.05, 4.69) is 16.9 Å². The van der Waals surface area contributed by atoms with Crippen LogP contribution in [0.5, 0.6) is 11.5 Å². The third-order valence-electron chi connectivity index (χ3n) is 3.13. The van der Waals surface area contributed by atoms with Crippen molar-refractivity contribution in [3.05, 3.63) is 41.2 Å². The number of anilines is 1. The molecule has 3 rings (SSSR count). The van der Waals surface area contributed by atoms with Crippen molar-refractivity contribution in [2.45, 2.75) is 20.3 Å². The molecule has 0 saturated heterocycles. The van der Waals surface area contributed by atoms with Crippen molar-refractivity contribution in [1.29, 1.82) is 0 Å². The number of nitrogen functional groups attached to an aromatic ring is 1. The van der Waals surface area contributed by atoms with Crippen molar-refractivity contribution >= 4 is 27.2 Å². The monoisotopic (exact) mass is 285 g/mol. The fourth-order valence-electron chi connectivity index (χ4n) is 2.09. The zero-order valence-electron chi connectivity index (χ0n) is 11.4. The standard InChI is InChI=1S/C15H15N3OS/c1-3-10-11(5-4-9(2)18-10)19-12-6-7-13-15(14(12)16)17-8-20-13/h4-8H,3,16H2,1-2H3. The van der Waals surface area contributed by atoms with Gasteiger partial charge >= 0.3 is 0 Å². The second kappa shape index (κ2) is 5.09. The highest BCUT2D eigenvalue weighted by atomic mass is 32.1. The molecule has 20 heavy (non-hydrogen) atoms. The van der Waals surface area contributed by atoms with Crippen LogP contribution in [0.3, 0.4) is 0 Å². The van der Waals surface area contributed by atoms with Gasteiger partial charge < -0.3 is 10.5 Å². The maximum atomic E-state index is 6.13. The molecule has 5 heteroatoms. The molecule has 0 atom stereocenters. The fraction of sp³-hybridized carbons (Fsp3) is 0.200. The van der Waals surface area contributed by atoms with E-state index < -0.39 is 0 Å². The van der Waals surface area contributed by atoms with Crippen LogP contribution in [0, 0.1) is 6.92 Å². The van der Waals surface area contributed by atoms with Crippen LogP contribution in [0.25, 0.3) is 10.2 Å². The summed E-state index contributed by atoms with van der Waals surface area (Å²) < 4.78 is 7.00. The Balaban J connectivity index is 2.02. The zero-order valence-corrected chi connectivity index (χ0v) is 12.2. The van der Waals surface area contributed by atoms with Crippen LogP contribution in [0.4, 0.5) is 5.69 Å². The van der Waals surface area contributed by atoms with Crippen LogP contribution in [0.1, 0.15) is 18.3 Å². The summed E-state index contributed by atoms with van der Waals surface area (Å²) in [5.41, 5.74) is 11.2. The van der Waals surface area contributed by atoms with Crippen molar-refractivity contribution in [2.75, 3.05) is 5.73 Å². The minimum atomic E-state index is 0.575. The van der Waals surface area contributed by atoms with Crippen molar-refractivity contribution in [3.8, 4) is 11.5 Å². The average molecular weight is 285 g/mol. The molecule has 4 nitrogen and oxygen atoms in total. The molecular weight excluding hydrogens is 270 g/mol. The Hall–Kier alpha value is -2.14. The molecule has 102 valence electrons. The summed E-state index contributed by atoms with van der Waals surface area (Å²) in [5, 5.41) is 0. The molecule has 2 N–H and O–H groups in total. The summed E-state index contributed by atoms with van der Waals surface area (Å²) in [6.07, 6.45) is 0.815. The molecule has 0 bridgehead atoms. The van der Waals surface area contributed by atoms with Crippen LogP contribution in [0.15, 0.2) is 29.8 Å². The number of hydrogen-bond acceptors (Lipinski definition) is 5. The minimum absolute atomic E-state index is 0.575. The van der Waals surface area contributed by atoms with E-state index in [0.717, 1.165) is 33.8 Å².